The predicted octanol–water partition coefficient (Wildman–Crippen LogP) is 2.49. The molecule has 2 rings (SSSR count). The van der Waals surface area contributed by atoms with Crippen LogP contribution in [0.15, 0.2) is 35.7 Å². The third kappa shape index (κ3) is 2.53. The van der Waals surface area contributed by atoms with Gasteiger partial charge in [0.05, 0.1) is 25.3 Å². The van der Waals surface area contributed by atoms with Crippen LogP contribution in [0.2, 0.25) is 0 Å². The summed E-state index contributed by atoms with van der Waals surface area (Å²) in [4.78, 5) is 8.62. The van der Waals surface area contributed by atoms with Gasteiger partial charge in [0.2, 0.25) is 0 Å². The van der Waals surface area contributed by atoms with Crippen LogP contribution in [0, 0.1) is 6.92 Å². The summed E-state index contributed by atoms with van der Waals surface area (Å²) in [5.41, 5.74) is 2.76. The van der Waals surface area contributed by atoms with Crippen LogP contribution in [0.4, 0.5) is 5.69 Å². The fourth-order valence-electron chi connectivity index (χ4n) is 1.59. The molecule has 0 bridgehead atoms. The van der Waals surface area contributed by atoms with Crippen LogP contribution in [0.3, 0.4) is 0 Å². The van der Waals surface area contributed by atoms with Crippen LogP contribution < -0.4 is 4.74 Å². The maximum Gasteiger partial charge on any atom is 0.144 e. The van der Waals surface area contributed by atoms with Crippen molar-refractivity contribution >= 4 is 11.9 Å². The van der Waals surface area contributed by atoms with E-state index in [1.165, 1.54) is 0 Å². The van der Waals surface area contributed by atoms with Crippen LogP contribution in [0.25, 0.3) is 0 Å². The minimum absolute atomic E-state index is 0.775. The van der Waals surface area contributed by atoms with Crippen molar-refractivity contribution < 1.29 is 4.74 Å². The highest BCUT2D eigenvalue weighted by atomic mass is 16.5. The first-order chi connectivity index (χ1) is 8.20. The fourth-order valence-corrected chi connectivity index (χ4v) is 1.59. The largest absolute Gasteiger partial charge is 0.494 e. The summed E-state index contributed by atoms with van der Waals surface area (Å²) in [7, 11) is 3.58. The minimum atomic E-state index is 0.775. The van der Waals surface area contributed by atoms with E-state index >= 15 is 0 Å². The van der Waals surface area contributed by atoms with Gasteiger partial charge in [-0.3, -0.25) is 4.99 Å². The fraction of sp³-hybridized carbons (Fsp3) is 0.231. The predicted molar refractivity (Wildman–Crippen MR) is 68.2 cm³/mol. The number of hydrogen-bond donors (Lipinski definition) is 0. The highest BCUT2D eigenvalue weighted by Crippen LogP contribution is 2.30. The molecule has 0 fully saturated rings. The Labute approximate surface area is 101 Å². The molecule has 0 unspecified atom stereocenters. The molecule has 0 atom stereocenters. The highest BCUT2D eigenvalue weighted by molar-refractivity contribution is 5.80. The van der Waals surface area contributed by atoms with E-state index < -0.39 is 0 Å². The van der Waals surface area contributed by atoms with E-state index in [4.69, 9.17) is 4.74 Å². The molecule has 0 amide bonds. The maximum absolute atomic E-state index is 5.28. The molecule has 0 saturated carbocycles. The van der Waals surface area contributed by atoms with Gasteiger partial charge in [0, 0.05) is 13.2 Å². The van der Waals surface area contributed by atoms with Crippen molar-refractivity contribution in [3.8, 4) is 5.75 Å². The van der Waals surface area contributed by atoms with Crippen LogP contribution >= 0.6 is 0 Å². The van der Waals surface area contributed by atoms with Crippen LogP contribution in [0.1, 0.15) is 11.3 Å². The van der Waals surface area contributed by atoms with Gasteiger partial charge in [-0.1, -0.05) is 12.1 Å². The normalized spacial score (nSPS) is 11.0. The standard InChI is InChI=1S/C13H15N3O/c1-10-5-4-6-12(17-3)13(10)14-7-11-8-16(2)9-15-11/h4-9H,1-3H3/b14-7+. The summed E-state index contributed by atoms with van der Waals surface area (Å²) in [6, 6.07) is 5.86. The van der Waals surface area contributed by atoms with Crippen molar-refractivity contribution in [1.82, 2.24) is 9.55 Å². The zero-order chi connectivity index (χ0) is 12.3. The summed E-state index contributed by atoms with van der Waals surface area (Å²) in [6.45, 7) is 2.01. The minimum Gasteiger partial charge on any atom is -0.494 e. The van der Waals surface area contributed by atoms with Crippen LogP contribution in [-0.4, -0.2) is 22.9 Å². The molecule has 0 N–H and O–H groups in total. The molecule has 4 heteroatoms. The topological polar surface area (TPSA) is 39.4 Å². The molecule has 0 spiro atoms. The van der Waals surface area contributed by atoms with E-state index in [9.17, 15) is 0 Å². The molecule has 1 aromatic carbocycles. The van der Waals surface area contributed by atoms with Crippen LogP contribution in [-0.2, 0) is 7.05 Å². The monoisotopic (exact) mass is 229 g/mol. The Balaban J connectivity index is 2.32. The summed E-state index contributed by atoms with van der Waals surface area (Å²) in [5.74, 6) is 0.775. The molecule has 0 aliphatic rings. The number of nitrogens with zero attached hydrogens (tertiary/aromatic N) is 3. The van der Waals surface area contributed by atoms with E-state index in [-0.39, 0.29) is 0 Å². The number of hydrogen-bond acceptors (Lipinski definition) is 3. The average Bonchev–Trinajstić information content (AvgIpc) is 2.73. The first kappa shape index (κ1) is 11.4. The lowest BCUT2D eigenvalue weighted by molar-refractivity contribution is 0.416. The second kappa shape index (κ2) is 4.82. The summed E-state index contributed by atoms with van der Waals surface area (Å²) in [6.07, 6.45) is 5.40. The first-order valence-electron chi connectivity index (χ1n) is 5.36. The van der Waals surface area contributed by atoms with Gasteiger partial charge in [-0.05, 0) is 18.6 Å². The van der Waals surface area contributed by atoms with Crippen molar-refractivity contribution in [2.45, 2.75) is 6.92 Å². The van der Waals surface area contributed by atoms with Gasteiger partial charge >= 0.3 is 0 Å². The molecule has 4 nitrogen and oxygen atoms in total. The molecule has 2 aromatic rings. The summed E-state index contributed by atoms with van der Waals surface area (Å²) >= 11 is 0. The number of aliphatic imine (C=N–C) groups is 1. The van der Waals surface area contributed by atoms with E-state index in [1.54, 1.807) is 19.7 Å². The number of methoxy groups -OCH3 is 1. The molecule has 0 saturated heterocycles. The molecular weight excluding hydrogens is 214 g/mol. The van der Waals surface area contributed by atoms with Gasteiger partial charge in [-0.25, -0.2) is 4.98 Å². The molecule has 1 aromatic heterocycles. The number of para-hydroxylation sites is 1. The second-order valence-corrected chi connectivity index (χ2v) is 3.85. The van der Waals surface area contributed by atoms with Crippen molar-refractivity contribution in [3.63, 3.8) is 0 Å². The van der Waals surface area contributed by atoms with Crippen LogP contribution in [0.5, 0.6) is 5.75 Å². The van der Waals surface area contributed by atoms with Crippen molar-refractivity contribution in [3.05, 3.63) is 42.0 Å². The third-order valence-electron chi connectivity index (χ3n) is 2.47. The van der Waals surface area contributed by atoms with E-state index in [0.29, 0.717) is 0 Å². The SMILES string of the molecule is COc1cccc(C)c1/N=C/c1cn(C)cn1. The molecule has 1 heterocycles. The number of imidazole rings is 1. The van der Waals surface area contributed by atoms with Gasteiger partial charge in [0.25, 0.3) is 0 Å². The van der Waals surface area contributed by atoms with Crippen molar-refractivity contribution in [1.29, 1.82) is 0 Å². The number of benzene rings is 1. The zero-order valence-corrected chi connectivity index (χ0v) is 10.2. The molecule has 0 radical (unpaired) electrons. The summed E-state index contributed by atoms with van der Waals surface area (Å²) < 4.78 is 7.17. The number of rotatable bonds is 3. The van der Waals surface area contributed by atoms with Gasteiger partial charge in [-0.15, -0.1) is 0 Å². The zero-order valence-electron chi connectivity index (χ0n) is 10.2. The Kier molecular flexibility index (Phi) is 3.23. The Morgan fingerprint density at radius 1 is 1.41 bits per heavy atom. The van der Waals surface area contributed by atoms with Gasteiger partial charge < -0.3 is 9.30 Å². The van der Waals surface area contributed by atoms with Crippen molar-refractivity contribution in [2.24, 2.45) is 12.0 Å². The Morgan fingerprint density at radius 3 is 2.88 bits per heavy atom. The Hall–Kier alpha value is -2.10. The number of aryl methyl sites for hydroxylation is 2. The molecule has 88 valence electrons. The number of ether oxygens (including phenoxy) is 1. The van der Waals surface area contributed by atoms with E-state index in [0.717, 1.165) is 22.7 Å². The van der Waals surface area contributed by atoms with Gasteiger partial charge in [-0.2, -0.15) is 0 Å². The lowest BCUT2D eigenvalue weighted by Gasteiger charge is -2.06. The lowest BCUT2D eigenvalue weighted by atomic mass is 10.2. The third-order valence-corrected chi connectivity index (χ3v) is 2.47. The van der Waals surface area contributed by atoms with Crippen molar-refractivity contribution in [2.75, 3.05) is 7.11 Å². The lowest BCUT2D eigenvalue weighted by Crippen LogP contribution is -1.87. The molecular formula is C13H15N3O. The average molecular weight is 229 g/mol. The van der Waals surface area contributed by atoms with Gasteiger partial charge in [0.15, 0.2) is 0 Å². The Morgan fingerprint density at radius 2 is 2.24 bits per heavy atom. The van der Waals surface area contributed by atoms with E-state index in [2.05, 4.69) is 9.98 Å². The molecule has 0 aliphatic carbocycles. The number of aromatic nitrogens is 2. The second-order valence-electron chi connectivity index (χ2n) is 3.85. The highest BCUT2D eigenvalue weighted by Gasteiger charge is 2.03. The quantitative estimate of drug-likeness (QED) is 0.758. The van der Waals surface area contributed by atoms with Gasteiger partial charge in [0.1, 0.15) is 11.4 Å². The Bertz CT molecular complexity index is 543. The smallest absolute Gasteiger partial charge is 0.144 e. The van der Waals surface area contributed by atoms with E-state index in [1.807, 2.05) is 42.9 Å². The summed E-state index contributed by atoms with van der Waals surface area (Å²) in [5, 5.41) is 0. The first-order valence-corrected chi connectivity index (χ1v) is 5.36. The maximum atomic E-state index is 5.28. The molecule has 17 heavy (non-hydrogen) atoms. The molecule has 0 aliphatic heterocycles.